The van der Waals surface area contributed by atoms with E-state index >= 15 is 0 Å². The third kappa shape index (κ3) is 5.54. The van der Waals surface area contributed by atoms with Crippen molar-refractivity contribution in [1.29, 1.82) is 0 Å². The molecule has 3 rings (SSSR count). The van der Waals surface area contributed by atoms with Gasteiger partial charge in [-0.25, -0.2) is 18.1 Å². The van der Waals surface area contributed by atoms with E-state index < -0.39 is 10.0 Å². The van der Waals surface area contributed by atoms with Crippen molar-refractivity contribution in [1.82, 2.24) is 14.9 Å². The fourth-order valence-corrected chi connectivity index (χ4v) is 4.19. The number of aliphatic imine (C=N–C) groups is 1. The van der Waals surface area contributed by atoms with Gasteiger partial charge in [0.25, 0.3) is 10.0 Å². The maximum Gasteiger partial charge on any atom is 0.264 e. The van der Waals surface area contributed by atoms with Crippen LogP contribution in [0.3, 0.4) is 0 Å². The van der Waals surface area contributed by atoms with E-state index in [0.717, 1.165) is 18.5 Å². The first-order chi connectivity index (χ1) is 15.4. The summed E-state index contributed by atoms with van der Waals surface area (Å²) in [4.78, 5) is 6.42. The van der Waals surface area contributed by atoms with E-state index in [1.807, 2.05) is 18.2 Å². The molecular formula is C21H28N4O6S. The van der Waals surface area contributed by atoms with E-state index in [1.54, 1.807) is 20.3 Å². The van der Waals surface area contributed by atoms with Crippen molar-refractivity contribution in [2.45, 2.75) is 11.3 Å². The molecule has 32 heavy (non-hydrogen) atoms. The van der Waals surface area contributed by atoms with Crippen LogP contribution in [0.15, 0.2) is 46.3 Å². The van der Waals surface area contributed by atoms with Crippen molar-refractivity contribution < 1.29 is 27.4 Å². The Morgan fingerprint density at radius 3 is 2.16 bits per heavy atom. The monoisotopic (exact) mass is 464 g/mol. The van der Waals surface area contributed by atoms with Crippen LogP contribution in [-0.4, -0.2) is 67.6 Å². The summed E-state index contributed by atoms with van der Waals surface area (Å²) < 4.78 is 48.8. The standard InChI is InChI=1S/C21H28N4O6S/c1-28-17-7-5-15(11-19(17)30-3)9-10-25-13-22-21(23-14-25)24-32(26,27)16-6-8-18(29-2)20(12-16)31-4/h5-8,11-12H,9-10,13-14H2,1-4H3,(H2,22,23,24). The minimum atomic E-state index is -3.83. The molecule has 2 N–H and O–H groups in total. The molecule has 1 heterocycles. The molecule has 0 unspecified atom stereocenters. The van der Waals surface area contributed by atoms with Crippen LogP contribution in [0, 0.1) is 0 Å². The molecular weight excluding hydrogens is 436 g/mol. The Labute approximate surface area is 188 Å². The zero-order chi connectivity index (χ0) is 23.1. The van der Waals surface area contributed by atoms with Gasteiger partial charge in [0.05, 0.1) is 46.7 Å². The van der Waals surface area contributed by atoms with Crippen LogP contribution in [0.25, 0.3) is 0 Å². The average Bonchev–Trinajstić information content (AvgIpc) is 2.82. The zero-order valence-electron chi connectivity index (χ0n) is 18.5. The first-order valence-electron chi connectivity index (χ1n) is 9.86. The summed E-state index contributed by atoms with van der Waals surface area (Å²) in [5.41, 5.74) is 1.10. The lowest BCUT2D eigenvalue weighted by molar-refractivity contribution is 0.266. The number of benzene rings is 2. The Balaban J connectivity index is 1.58. The molecule has 0 aromatic heterocycles. The van der Waals surface area contributed by atoms with E-state index in [1.165, 1.54) is 26.4 Å². The summed E-state index contributed by atoms with van der Waals surface area (Å²) in [6.07, 6.45) is 0.782. The molecule has 0 amide bonds. The summed E-state index contributed by atoms with van der Waals surface area (Å²) in [5.74, 6) is 2.35. The smallest absolute Gasteiger partial charge is 0.264 e. The maximum absolute atomic E-state index is 12.7. The maximum atomic E-state index is 12.7. The summed E-state index contributed by atoms with van der Waals surface area (Å²) in [7, 11) is 2.32. The van der Waals surface area contributed by atoms with Crippen molar-refractivity contribution >= 4 is 16.0 Å². The zero-order valence-corrected chi connectivity index (χ0v) is 19.4. The first kappa shape index (κ1) is 23.5. The average molecular weight is 465 g/mol. The van der Waals surface area contributed by atoms with E-state index in [9.17, 15) is 8.42 Å². The van der Waals surface area contributed by atoms with Gasteiger partial charge < -0.3 is 24.3 Å². The van der Waals surface area contributed by atoms with Crippen LogP contribution in [-0.2, 0) is 16.4 Å². The van der Waals surface area contributed by atoms with Gasteiger partial charge in [0.15, 0.2) is 23.0 Å². The lowest BCUT2D eigenvalue weighted by Crippen LogP contribution is -2.50. The number of guanidine groups is 1. The van der Waals surface area contributed by atoms with Gasteiger partial charge in [-0.2, -0.15) is 0 Å². The molecule has 0 spiro atoms. The molecule has 2 aromatic rings. The van der Waals surface area contributed by atoms with Crippen LogP contribution in [0.2, 0.25) is 0 Å². The van der Waals surface area contributed by atoms with Crippen LogP contribution < -0.4 is 29.0 Å². The van der Waals surface area contributed by atoms with Crippen LogP contribution in [0.5, 0.6) is 23.0 Å². The second kappa shape index (κ2) is 10.4. The molecule has 0 bridgehead atoms. The Kier molecular flexibility index (Phi) is 7.65. The van der Waals surface area contributed by atoms with E-state index in [2.05, 4.69) is 19.9 Å². The molecule has 11 heteroatoms. The number of hydrogen-bond acceptors (Lipinski definition) is 9. The molecule has 0 fully saturated rings. The number of sulfonamides is 1. The van der Waals surface area contributed by atoms with Crippen molar-refractivity contribution in [3.63, 3.8) is 0 Å². The van der Waals surface area contributed by atoms with Crippen LogP contribution in [0.1, 0.15) is 5.56 Å². The molecule has 0 saturated heterocycles. The highest BCUT2D eigenvalue weighted by molar-refractivity contribution is 7.90. The van der Waals surface area contributed by atoms with Crippen LogP contribution >= 0.6 is 0 Å². The summed E-state index contributed by atoms with van der Waals surface area (Å²) in [6, 6.07) is 10.2. The molecule has 0 atom stereocenters. The summed E-state index contributed by atoms with van der Waals surface area (Å²) >= 11 is 0. The molecule has 10 nitrogen and oxygen atoms in total. The molecule has 0 saturated carbocycles. The van der Waals surface area contributed by atoms with E-state index in [-0.39, 0.29) is 10.9 Å². The lowest BCUT2D eigenvalue weighted by atomic mass is 10.1. The fraction of sp³-hybridized carbons (Fsp3) is 0.381. The topological polar surface area (TPSA) is 111 Å². The van der Waals surface area contributed by atoms with Crippen molar-refractivity contribution in [3.05, 3.63) is 42.0 Å². The van der Waals surface area contributed by atoms with Crippen molar-refractivity contribution in [2.24, 2.45) is 4.99 Å². The Bertz CT molecular complexity index is 1070. The van der Waals surface area contributed by atoms with E-state index in [4.69, 9.17) is 18.9 Å². The van der Waals surface area contributed by atoms with Gasteiger partial charge in [-0.05, 0) is 36.2 Å². The number of hydrogen-bond donors (Lipinski definition) is 2. The highest BCUT2D eigenvalue weighted by Crippen LogP contribution is 2.29. The highest BCUT2D eigenvalue weighted by atomic mass is 32.2. The van der Waals surface area contributed by atoms with Gasteiger partial charge in [0.2, 0.25) is 5.96 Å². The number of rotatable bonds is 9. The first-order valence-corrected chi connectivity index (χ1v) is 11.3. The van der Waals surface area contributed by atoms with Crippen LogP contribution in [0.4, 0.5) is 0 Å². The SMILES string of the molecule is COc1ccc(CCN2CN=C(NS(=O)(=O)c3ccc(OC)c(OC)c3)NC2)cc1OC. The highest BCUT2D eigenvalue weighted by Gasteiger charge is 2.21. The number of ether oxygens (including phenoxy) is 4. The minimum absolute atomic E-state index is 0.0514. The minimum Gasteiger partial charge on any atom is -0.493 e. The second-order valence-corrected chi connectivity index (χ2v) is 8.62. The summed E-state index contributed by atoms with van der Waals surface area (Å²) in [5, 5.41) is 3.01. The van der Waals surface area contributed by atoms with Gasteiger partial charge >= 0.3 is 0 Å². The fourth-order valence-electron chi connectivity index (χ4n) is 3.17. The number of methoxy groups -OCH3 is 4. The molecule has 0 radical (unpaired) electrons. The van der Waals surface area contributed by atoms with Gasteiger partial charge in [-0.1, -0.05) is 6.07 Å². The Morgan fingerprint density at radius 2 is 1.56 bits per heavy atom. The molecule has 0 aliphatic carbocycles. The molecule has 1 aliphatic rings. The Morgan fingerprint density at radius 1 is 0.938 bits per heavy atom. The van der Waals surface area contributed by atoms with Crippen molar-refractivity contribution in [2.75, 3.05) is 48.3 Å². The van der Waals surface area contributed by atoms with Gasteiger partial charge in [0, 0.05) is 12.6 Å². The molecule has 1 aliphatic heterocycles. The largest absolute Gasteiger partial charge is 0.493 e. The lowest BCUT2D eigenvalue weighted by Gasteiger charge is -2.27. The van der Waals surface area contributed by atoms with Gasteiger partial charge in [0.1, 0.15) is 0 Å². The molecule has 174 valence electrons. The number of nitrogens with zero attached hydrogens (tertiary/aromatic N) is 2. The second-order valence-electron chi connectivity index (χ2n) is 6.94. The third-order valence-electron chi connectivity index (χ3n) is 4.96. The summed E-state index contributed by atoms with van der Waals surface area (Å²) in [6.45, 7) is 1.56. The number of nitrogens with one attached hydrogen (secondary N) is 2. The quantitative estimate of drug-likeness (QED) is 0.573. The van der Waals surface area contributed by atoms with Gasteiger partial charge in [-0.3, -0.25) is 4.90 Å². The van der Waals surface area contributed by atoms with E-state index in [0.29, 0.717) is 36.3 Å². The normalized spacial score (nSPS) is 14.2. The molecule has 2 aromatic carbocycles. The van der Waals surface area contributed by atoms with Crippen molar-refractivity contribution in [3.8, 4) is 23.0 Å². The Hall–Kier alpha value is -3.18. The predicted octanol–water partition coefficient (Wildman–Crippen LogP) is 1.42. The predicted molar refractivity (Wildman–Crippen MR) is 120 cm³/mol. The van der Waals surface area contributed by atoms with Gasteiger partial charge in [-0.15, -0.1) is 0 Å². The third-order valence-corrected chi connectivity index (χ3v) is 6.30.